The predicted octanol–water partition coefficient (Wildman–Crippen LogP) is 12.1. The molecule has 8 aromatic carbocycles. The van der Waals surface area contributed by atoms with E-state index in [0.29, 0.717) is 101 Å². The van der Waals surface area contributed by atoms with Crippen LogP contribution in [0.2, 0.25) is 10.0 Å². The molecule has 0 saturated heterocycles. The van der Waals surface area contributed by atoms with Gasteiger partial charge in [0.05, 0.1) is 69.1 Å². The number of fused-ring (bicyclic) bond motifs is 3. The van der Waals surface area contributed by atoms with Gasteiger partial charge < -0.3 is 18.4 Å². The molecule has 0 aliphatic heterocycles. The van der Waals surface area contributed by atoms with Gasteiger partial charge in [-0.1, -0.05) is 230 Å². The van der Waals surface area contributed by atoms with Gasteiger partial charge in [-0.25, -0.2) is 9.83 Å². The Morgan fingerprint density at radius 1 is 0.512 bits per heavy atom. The summed E-state index contributed by atoms with van der Waals surface area (Å²) in [5, 5.41) is 15.4. The normalized spacial score (nSPS) is 12.1. The number of ether oxygens (including phenoxy) is 2. The lowest BCUT2D eigenvalue weighted by atomic mass is 9.50. The van der Waals surface area contributed by atoms with Crippen LogP contribution in [-0.4, -0.2) is 55.8 Å². The molecule has 12 aromatic rings. The highest BCUT2D eigenvalue weighted by atomic mass is 35.5. The molecule has 4 aromatic heterocycles. The smallest absolute Gasteiger partial charge is 0.328 e. The molecule has 0 spiro atoms. The molecule has 0 N–H and O–H groups in total. The van der Waals surface area contributed by atoms with Gasteiger partial charge >= 0.3 is 13.7 Å². The van der Waals surface area contributed by atoms with Crippen LogP contribution in [0.3, 0.4) is 0 Å². The highest BCUT2D eigenvalue weighted by Crippen LogP contribution is 2.39. The minimum absolute atomic E-state index is 0.188. The van der Waals surface area contributed by atoms with Crippen molar-refractivity contribution in [3.63, 3.8) is 0 Å². The van der Waals surface area contributed by atoms with Gasteiger partial charge in [0.15, 0.2) is 0 Å². The van der Waals surface area contributed by atoms with Crippen LogP contribution in [0, 0.1) is 29.7 Å². The van der Waals surface area contributed by atoms with E-state index in [1.807, 2.05) is 121 Å². The molecule has 0 atom stereocenters. The maximum absolute atomic E-state index is 12.4. The van der Waals surface area contributed by atoms with E-state index in [9.17, 15) is 11.8 Å². The summed E-state index contributed by atoms with van der Waals surface area (Å²) in [6.07, 6.45) is 3.33. The first-order valence-electron chi connectivity index (χ1n) is 27.9. The molecule has 12 rings (SSSR count). The Labute approximate surface area is 498 Å². The van der Waals surface area contributed by atoms with Crippen molar-refractivity contribution in [3.8, 4) is 40.1 Å². The Morgan fingerprint density at radius 3 is 1.40 bits per heavy atom. The SMILES string of the molecule is [C-]#[N+]/C(c1cnc2cc(Cl)c(Cl)cc2n1)=c1\c2c(-c3cccc(OCC(C)C)c3)n(B(c3ccccc3)c3ccccc3)/c(=C(/C#N)c3cnc4ccccc4n3)c2c(-c2cccc(OCC(C)C)c2)n1B(c1ccccc1)c1ccccc1. The maximum Gasteiger partial charge on any atom is 0.328 e. The summed E-state index contributed by atoms with van der Waals surface area (Å²) in [5.41, 5.74) is 10.0. The van der Waals surface area contributed by atoms with E-state index in [1.54, 1.807) is 24.5 Å². The highest BCUT2D eigenvalue weighted by molar-refractivity contribution is 6.85. The van der Waals surface area contributed by atoms with E-state index in [1.165, 1.54) is 0 Å². The summed E-state index contributed by atoms with van der Waals surface area (Å²) in [6, 6.07) is 71.4. The van der Waals surface area contributed by atoms with Crippen molar-refractivity contribution in [1.82, 2.24) is 28.9 Å². The van der Waals surface area contributed by atoms with E-state index in [0.717, 1.165) is 33.0 Å². The Hall–Kier alpha value is -9.71. The summed E-state index contributed by atoms with van der Waals surface area (Å²) < 4.78 is 17.8. The zero-order valence-corrected chi connectivity index (χ0v) is 48.2. The van der Waals surface area contributed by atoms with Gasteiger partial charge in [-0.15, -0.1) is 0 Å². The molecule has 0 saturated carbocycles. The van der Waals surface area contributed by atoms with Crippen molar-refractivity contribution in [3.05, 3.63) is 262 Å². The minimum Gasteiger partial charge on any atom is -0.493 e. The fourth-order valence-corrected chi connectivity index (χ4v) is 11.5. The van der Waals surface area contributed by atoms with Crippen molar-refractivity contribution < 1.29 is 9.47 Å². The lowest BCUT2D eigenvalue weighted by molar-refractivity contribution is 0.271. The summed E-state index contributed by atoms with van der Waals surface area (Å²) in [7, 11) is 0. The number of nitrogens with zero attached hydrogens (tertiary/aromatic N) is 8. The molecule has 0 unspecified atom stereocenters. The van der Waals surface area contributed by atoms with Crippen molar-refractivity contribution in [1.29, 1.82) is 5.26 Å². The average Bonchev–Trinajstić information content (AvgIpc) is 1.57. The van der Waals surface area contributed by atoms with E-state index in [4.69, 9.17) is 52.6 Å². The van der Waals surface area contributed by atoms with Crippen LogP contribution >= 0.6 is 23.2 Å². The lowest BCUT2D eigenvalue weighted by Crippen LogP contribution is -2.54. The first-order valence-corrected chi connectivity index (χ1v) is 28.7. The Bertz CT molecular complexity index is 4510. The van der Waals surface area contributed by atoms with Gasteiger partial charge in [0.25, 0.3) is 0 Å². The van der Waals surface area contributed by atoms with Crippen LogP contribution in [0.5, 0.6) is 11.5 Å². The molecule has 10 nitrogen and oxygen atoms in total. The van der Waals surface area contributed by atoms with Crippen molar-refractivity contribution >= 4 is 103 Å². The lowest BCUT2D eigenvalue weighted by Gasteiger charge is -2.25. The number of aromatic nitrogens is 6. The number of nitriles is 1. The van der Waals surface area contributed by atoms with E-state index in [2.05, 4.69) is 120 Å². The second kappa shape index (κ2) is 24.0. The number of halogens is 2. The van der Waals surface area contributed by atoms with Gasteiger partial charge in [0.1, 0.15) is 28.8 Å². The van der Waals surface area contributed by atoms with Crippen LogP contribution in [0.25, 0.3) is 71.5 Å². The average molecular weight is 1130 g/mol. The predicted molar refractivity (Wildman–Crippen MR) is 344 cm³/mol. The van der Waals surface area contributed by atoms with Crippen LogP contribution in [-0.2, 0) is 0 Å². The Balaban J connectivity index is 1.44. The number of benzene rings is 8. The van der Waals surface area contributed by atoms with Crippen molar-refractivity contribution in [2.45, 2.75) is 27.7 Å². The summed E-state index contributed by atoms with van der Waals surface area (Å²) in [6.45, 7) is 17.9. The van der Waals surface area contributed by atoms with Crippen LogP contribution in [0.4, 0.5) is 0 Å². The number of para-hydroxylation sites is 2. The molecule has 0 amide bonds. The standard InChI is InChI=1S/C70H54B2Cl2N8O2/c1-45(2)43-83-53-32-20-22-47(36-53)67-64-65(70(66(76-5)63-42-78-60-38-56(73)57(74)39-61(60)80-63)82(67)72(51-28-14-8-15-29-51)52-30-16-9-17-31-52)68(48-23-21-33-54(37-48)84-44-46(3)4)81(71(49-24-10-6-11-25-49)50-26-12-7-13-27-50)69(64)55(40-75)62-41-77-58-34-18-19-35-59(58)79-62/h6-39,41-42,45-46H,43-44H2,1-4H3/b69-55-,70-66+. The van der Waals surface area contributed by atoms with Crippen molar-refractivity contribution in [2.75, 3.05) is 13.2 Å². The van der Waals surface area contributed by atoms with Gasteiger partial charge in [-0.3, -0.25) is 15.0 Å². The molecule has 0 aliphatic carbocycles. The monoisotopic (exact) mass is 1130 g/mol. The first kappa shape index (κ1) is 54.9. The van der Waals surface area contributed by atoms with E-state index < -0.39 is 13.7 Å². The molecule has 0 bridgehead atoms. The molecular formula is C70H54B2Cl2N8O2. The third-order valence-corrected chi connectivity index (χ3v) is 15.5. The Kier molecular flexibility index (Phi) is 15.7. The van der Waals surface area contributed by atoms with Crippen LogP contribution in [0.1, 0.15) is 39.1 Å². The van der Waals surface area contributed by atoms with Crippen LogP contribution in [0.15, 0.2) is 219 Å². The van der Waals surface area contributed by atoms with E-state index >= 15 is 0 Å². The Morgan fingerprint density at radius 2 is 0.929 bits per heavy atom. The number of hydrogen-bond acceptors (Lipinski definition) is 7. The third kappa shape index (κ3) is 10.7. The second-order valence-corrected chi connectivity index (χ2v) is 22.3. The summed E-state index contributed by atoms with van der Waals surface area (Å²) in [4.78, 5) is 25.1. The highest BCUT2D eigenvalue weighted by Gasteiger charge is 2.37. The van der Waals surface area contributed by atoms with Crippen LogP contribution < -0.4 is 42.0 Å². The molecule has 84 heavy (non-hydrogen) atoms. The van der Waals surface area contributed by atoms with Crippen molar-refractivity contribution in [2.24, 2.45) is 11.8 Å². The van der Waals surface area contributed by atoms with Gasteiger partial charge in [-0.2, -0.15) is 5.26 Å². The maximum atomic E-state index is 12.4. The topological polar surface area (TPSA) is 108 Å². The zero-order chi connectivity index (χ0) is 57.8. The minimum atomic E-state index is -0.622. The molecule has 406 valence electrons. The van der Waals surface area contributed by atoms with Gasteiger partial charge in [0, 0.05) is 44.8 Å². The summed E-state index contributed by atoms with van der Waals surface area (Å²) >= 11 is 13.4. The zero-order valence-electron chi connectivity index (χ0n) is 46.7. The quantitative estimate of drug-likeness (QED) is 0.0700. The summed E-state index contributed by atoms with van der Waals surface area (Å²) in [5.74, 6) is 1.76. The first-order chi connectivity index (χ1) is 41.1. The third-order valence-electron chi connectivity index (χ3n) is 14.7. The molecular weight excluding hydrogens is 1080 g/mol. The molecule has 4 heterocycles. The molecule has 0 radical (unpaired) electrons. The van der Waals surface area contributed by atoms with Gasteiger partial charge in [0.2, 0.25) is 5.70 Å². The van der Waals surface area contributed by atoms with Gasteiger partial charge in [-0.05, 0) is 60.4 Å². The second-order valence-electron chi connectivity index (χ2n) is 21.5. The number of hydrogen-bond donors (Lipinski definition) is 0. The largest absolute Gasteiger partial charge is 0.493 e. The number of rotatable bonds is 16. The fraction of sp³-hybridized carbons (Fsp3) is 0.114. The van der Waals surface area contributed by atoms with E-state index in [-0.39, 0.29) is 23.1 Å². The molecule has 0 aliphatic rings. The molecule has 0 fully saturated rings. The molecule has 14 heteroatoms. The fourth-order valence-electron chi connectivity index (χ4n) is 11.1.